The summed E-state index contributed by atoms with van der Waals surface area (Å²) in [4.78, 5) is 26.4. The highest BCUT2D eigenvalue weighted by Gasteiger charge is 2.86. The lowest BCUT2D eigenvalue weighted by Crippen LogP contribution is -2.68. The third-order valence-corrected chi connectivity index (χ3v) is 9.43. The number of carbonyl (C=O) groups is 2. The molecule has 1 aliphatic carbocycles. The van der Waals surface area contributed by atoms with Crippen LogP contribution in [0.4, 0.5) is 0 Å². The van der Waals surface area contributed by atoms with E-state index in [-0.39, 0.29) is 5.75 Å². The molecule has 0 unspecified atom stereocenters. The number of thioether (sulfide) groups is 1. The van der Waals surface area contributed by atoms with Crippen molar-refractivity contribution in [3.05, 3.63) is 35.4 Å². The summed E-state index contributed by atoms with van der Waals surface area (Å²) in [6.07, 6.45) is 0. The van der Waals surface area contributed by atoms with Crippen LogP contribution in [0.25, 0.3) is 0 Å². The molecule has 3 rings (SSSR count). The lowest BCUT2D eigenvalue weighted by molar-refractivity contribution is -0.170. The molecule has 1 fully saturated rings. The van der Waals surface area contributed by atoms with Gasteiger partial charge in [0.2, 0.25) is 5.41 Å². The van der Waals surface area contributed by atoms with Crippen LogP contribution in [0.3, 0.4) is 0 Å². The number of hydrogen-bond donors (Lipinski definition) is 0. The molecule has 1 heterocycles. The van der Waals surface area contributed by atoms with E-state index in [9.17, 15) is 20.1 Å². The van der Waals surface area contributed by atoms with Crippen molar-refractivity contribution in [1.29, 1.82) is 10.5 Å². The van der Waals surface area contributed by atoms with Gasteiger partial charge in [0, 0.05) is 16.6 Å². The van der Waals surface area contributed by atoms with E-state index in [2.05, 4.69) is 6.07 Å². The Morgan fingerprint density at radius 1 is 0.931 bits per heavy atom. The van der Waals surface area contributed by atoms with Crippen molar-refractivity contribution in [1.82, 2.24) is 0 Å². The van der Waals surface area contributed by atoms with Gasteiger partial charge in [0.05, 0.1) is 31.1 Å². The molecule has 152 valence electrons. The van der Waals surface area contributed by atoms with E-state index in [1.807, 2.05) is 58.0 Å². The number of nitriles is 2. The number of benzene rings is 1. The highest BCUT2D eigenvalue weighted by Crippen LogP contribution is 2.77. The molecule has 1 aliphatic heterocycles. The van der Waals surface area contributed by atoms with Gasteiger partial charge in [-0.15, -0.1) is 11.8 Å². The van der Waals surface area contributed by atoms with Crippen LogP contribution in [0.2, 0.25) is 0 Å². The summed E-state index contributed by atoms with van der Waals surface area (Å²) < 4.78 is 8.93. The smallest absolute Gasteiger partial charge is 0.330 e. The Bertz CT molecular complexity index is 952. The molecule has 1 saturated heterocycles. The second-order valence-electron chi connectivity index (χ2n) is 8.63. The van der Waals surface area contributed by atoms with Gasteiger partial charge < -0.3 is 9.47 Å². The van der Waals surface area contributed by atoms with Crippen molar-refractivity contribution in [2.45, 2.75) is 43.3 Å². The Balaban J connectivity index is 2.53. The van der Waals surface area contributed by atoms with Gasteiger partial charge >= 0.3 is 11.9 Å². The number of rotatable bonds is 2. The van der Waals surface area contributed by atoms with Gasteiger partial charge in [0.15, 0.2) is 5.41 Å². The van der Waals surface area contributed by atoms with Crippen LogP contribution < -0.4 is 0 Å². The van der Waals surface area contributed by atoms with Gasteiger partial charge in [0.1, 0.15) is 0 Å². The van der Waals surface area contributed by atoms with Crippen molar-refractivity contribution >= 4 is 23.7 Å². The normalized spacial score (nSPS) is 30.1. The SMILES string of the molecule is COC(=O)[C@@]1(C#N)C2(SC[C@]1(C#N)C(=O)OC)C(C)(C)c1ccccc1C2(C)C. The summed E-state index contributed by atoms with van der Waals surface area (Å²) in [6.45, 7) is 7.86. The Morgan fingerprint density at radius 2 is 1.41 bits per heavy atom. The zero-order valence-corrected chi connectivity index (χ0v) is 18.3. The monoisotopic (exact) mass is 412 g/mol. The fourth-order valence-corrected chi connectivity index (χ4v) is 8.30. The second-order valence-corrected chi connectivity index (χ2v) is 9.82. The molecule has 6 nitrogen and oxygen atoms in total. The first-order valence-corrected chi connectivity index (χ1v) is 10.2. The van der Waals surface area contributed by atoms with Crippen molar-refractivity contribution < 1.29 is 19.1 Å². The van der Waals surface area contributed by atoms with E-state index >= 15 is 0 Å². The highest BCUT2D eigenvalue weighted by molar-refractivity contribution is 8.01. The van der Waals surface area contributed by atoms with Crippen LogP contribution in [-0.2, 0) is 29.9 Å². The summed E-state index contributed by atoms with van der Waals surface area (Å²) in [5, 5.41) is 20.8. The molecule has 2 aliphatic rings. The molecule has 2 atom stereocenters. The predicted octanol–water partition coefficient (Wildman–Crippen LogP) is 3.11. The van der Waals surface area contributed by atoms with E-state index in [0.717, 1.165) is 18.2 Å². The summed E-state index contributed by atoms with van der Waals surface area (Å²) in [6, 6.07) is 12.0. The zero-order chi connectivity index (χ0) is 21.9. The summed E-state index contributed by atoms with van der Waals surface area (Å²) in [5.41, 5.74) is -3.56. The minimum atomic E-state index is -2.08. The predicted molar refractivity (Wildman–Crippen MR) is 108 cm³/mol. The van der Waals surface area contributed by atoms with Crippen molar-refractivity contribution in [2.75, 3.05) is 20.0 Å². The van der Waals surface area contributed by atoms with E-state index in [0.29, 0.717) is 0 Å². The van der Waals surface area contributed by atoms with Crippen LogP contribution in [0.1, 0.15) is 38.8 Å². The van der Waals surface area contributed by atoms with E-state index < -0.39 is 38.3 Å². The molecule has 29 heavy (non-hydrogen) atoms. The van der Waals surface area contributed by atoms with Crippen LogP contribution in [-0.4, -0.2) is 36.7 Å². The summed E-state index contributed by atoms with van der Waals surface area (Å²) in [7, 11) is 2.34. The first-order chi connectivity index (χ1) is 13.5. The van der Waals surface area contributed by atoms with Crippen molar-refractivity contribution in [3.8, 4) is 12.1 Å². The Morgan fingerprint density at radius 3 is 1.79 bits per heavy atom. The maximum absolute atomic E-state index is 13.4. The second kappa shape index (κ2) is 6.24. The van der Waals surface area contributed by atoms with Gasteiger partial charge in [-0.3, -0.25) is 9.59 Å². The number of carbonyl (C=O) groups excluding carboxylic acids is 2. The highest BCUT2D eigenvalue weighted by atomic mass is 32.2. The van der Waals surface area contributed by atoms with Gasteiger partial charge in [-0.1, -0.05) is 52.0 Å². The maximum Gasteiger partial charge on any atom is 0.330 e. The average Bonchev–Trinajstić information content (AvgIpc) is 3.12. The molecular formula is C22H24N2O4S. The Labute approximate surface area is 175 Å². The Hall–Kier alpha value is -2.51. The Kier molecular flexibility index (Phi) is 4.56. The first-order valence-electron chi connectivity index (χ1n) is 9.25. The molecule has 0 N–H and O–H groups in total. The van der Waals surface area contributed by atoms with Gasteiger partial charge in [0.25, 0.3) is 0 Å². The molecule has 1 aromatic carbocycles. The number of methoxy groups -OCH3 is 2. The average molecular weight is 413 g/mol. The fourth-order valence-electron chi connectivity index (χ4n) is 6.00. The number of nitrogens with zero attached hydrogens (tertiary/aromatic N) is 2. The fraction of sp³-hybridized carbons (Fsp3) is 0.545. The van der Waals surface area contributed by atoms with Crippen molar-refractivity contribution in [3.63, 3.8) is 0 Å². The molecule has 7 heteroatoms. The van der Waals surface area contributed by atoms with Crippen LogP contribution in [0.15, 0.2) is 24.3 Å². The molecule has 0 radical (unpaired) electrons. The number of fused-ring (bicyclic) bond motifs is 1. The molecule has 1 spiro atoms. The standard InChI is InChI=1S/C22H24N2O4S/c1-18(2)14-9-7-8-10-15(14)19(3,4)22(18)21(12-24,17(26)28-6)20(11-23,13-29-22)16(25)27-5/h7-10H,13H2,1-6H3/t20-,21-/m1/s1. The first kappa shape index (κ1) is 21.2. The third-order valence-electron chi connectivity index (χ3n) is 7.09. The summed E-state index contributed by atoms with van der Waals surface area (Å²) in [5.74, 6) is -1.82. The number of esters is 2. The van der Waals surface area contributed by atoms with Crippen molar-refractivity contribution in [2.24, 2.45) is 10.8 Å². The zero-order valence-electron chi connectivity index (χ0n) is 17.5. The molecule has 0 aromatic heterocycles. The minimum Gasteiger partial charge on any atom is -0.468 e. The van der Waals surface area contributed by atoms with E-state index in [1.165, 1.54) is 18.9 Å². The maximum atomic E-state index is 13.4. The third kappa shape index (κ3) is 1.92. The van der Waals surface area contributed by atoms with Crippen LogP contribution >= 0.6 is 11.8 Å². The summed E-state index contributed by atoms with van der Waals surface area (Å²) >= 11 is 1.33. The minimum absolute atomic E-state index is 0.0420. The lowest BCUT2D eigenvalue weighted by atomic mass is 9.48. The molecule has 0 saturated carbocycles. The molecular weight excluding hydrogens is 388 g/mol. The van der Waals surface area contributed by atoms with Gasteiger partial charge in [-0.2, -0.15) is 10.5 Å². The largest absolute Gasteiger partial charge is 0.468 e. The van der Waals surface area contributed by atoms with Gasteiger partial charge in [-0.05, 0) is 11.1 Å². The topological polar surface area (TPSA) is 100 Å². The van der Waals surface area contributed by atoms with Gasteiger partial charge in [-0.25, -0.2) is 0 Å². The van der Waals surface area contributed by atoms with E-state index in [4.69, 9.17) is 9.47 Å². The number of hydrogen-bond acceptors (Lipinski definition) is 7. The van der Waals surface area contributed by atoms with Crippen LogP contribution in [0.5, 0.6) is 0 Å². The molecule has 0 bridgehead atoms. The van der Waals surface area contributed by atoms with E-state index in [1.54, 1.807) is 0 Å². The molecule has 1 aromatic rings. The van der Waals surface area contributed by atoms with Crippen LogP contribution in [0, 0.1) is 33.5 Å². The quantitative estimate of drug-likeness (QED) is 0.688. The molecule has 0 amide bonds. The number of ether oxygens (including phenoxy) is 2. The lowest BCUT2D eigenvalue weighted by Gasteiger charge is -2.54.